The number of hydrogen-bond donors (Lipinski definition) is 0. The van der Waals surface area contributed by atoms with Crippen molar-refractivity contribution in [3.05, 3.63) is 42.3 Å². The molecule has 10 heteroatoms. The Balaban J connectivity index is 1.66. The predicted molar refractivity (Wildman–Crippen MR) is 102 cm³/mol. The lowest BCUT2D eigenvalue weighted by molar-refractivity contribution is 0.0713. The lowest BCUT2D eigenvalue weighted by atomic mass is 10.1. The average Bonchev–Trinajstić information content (AvgIpc) is 3.15. The van der Waals surface area contributed by atoms with Gasteiger partial charge in [0.2, 0.25) is 15.8 Å². The van der Waals surface area contributed by atoms with Crippen LogP contribution in [0.25, 0.3) is 0 Å². The number of para-hydroxylation sites is 1. The molecule has 2 atom stereocenters. The van der Waals surface area contributed by atoms with Gasteiger partial charge in [0, 0.05) is 39.2 Å². The molecule has 2 aliphatic rings. The zero-order valence-corrected chi connectivity index (χ0v) is 16.9. The van der Waals surface area contributed by atoms with Crippen LogP contribution in [0, 0.1) is 0 Å². The standard InChI is InChI=1S/C19H23N3O6S/c1-26-13-12-22-14-7-10-21(19(23)17-6-9-20-28-17)11-8-15(14)27-16-4-2-3-5-18(16)29(22,24)25/h2-6,9,14-15H,7-8,10-13H2,1H3/t14-,15-/m1/s1. The number of methoxy groups -OCH3 is 1. The number of aromatic nitrogens is 1. The van der Waals surface area contributed by atoms with Gasteiger partial charge in [0.05, 0.1) is 18.8 Å². The molecule has 0 bridgehead atoms. The van der Waals surface area contributed by atoms with Gasteiger partial charge in [-0.1, -0.05) is 17.3 Å². The number of carbonyl (C=O) groups excluding carboxylic acids is 1. The van der Waals surface area contributed by atoms with E-state index in [0.717, 1.165) is 0 Å². The summed E-state index contributed by atoms with van der Waals surface area (Å²) in [6.07, 6.45) is 1.99. The first-order chi connectivity index (χ1) is 14.0. The van der Waals surface area contributed by atoms with Crippen molar-refractivity contribution in [3.63, 3.8) is 0 Å². The molecule has 1 saturated heterocycles. The van der Waals surface area contributed by atoms with Gasteiger partial charge in [-0.05, 0) is 18.6 Å². The van der Waals surface area contributed by atoms with Gasteiger partial charge in [0.15, 0.2) is 0 Å². The van der Waals surface area contributed by atoms with Crippen molar-refractivity contribution in [2.75, 3.05) is 33.4 Å². The first-order valence-corrected chi connectivity index (χ1v) is 10.9. The smallest absolute Gasteiger partial charge is 0.292 e. The molecular weight excluding hydrogens is 398 g/mol. The van der Waals surface area contributed by atoms with Crippen LogP contribution in [0.3, 0.4) is 0 Å². The maximum Gasteiger partial charge on any atom is 0.292 e. The maximum atomic E-state index is 13.4. The Morgan fingerprint density at radius 3 is 2.79 bits per heavy atom. The normalized spacial score (nSPS) is 24.0. The Kier molecular flexibility index (Phi) is 5.57. The summed E-state index contributed by atoms with van der Waals surface area (Å²) < 4.78 is 44.6. The van der Waals surface area contributed by atoms with Gasteiger partial charge in [-0.2, -0.15) is 4.31 Å². The summed E-state index contributed by atoms with van der Waals surface area (Å²) in [5.41, 5.74) is 0. The van der Waals surface area contributed by atoms with E-state index < -0.39 is 16.1 Å². The van der Waals surface area contributed by atoms with E-state index in [4.69, 9.17) is 14.0 Å². The number of fused-ring (bicyclic) bond motifs is 2. The van der Waals surface area contributed by atoms with Crippen LogP contribution < -0.4 is 4.74 Å². The Morgan fingerprint density at radius 1 is 1.24 bits per heavy atom. The van der Waals surface area contributed by atoms with Crippen LogP contribution in [0.15, 0.2) is 45.9 Å². The van der Waals surface area contributed by atoms with Crippen LogP contribution in [-0.4, -0.2) is 74.2 Å². The molecule has 2 aliphatic heterocycles. The van der Waals surface area contributed by atoms with Crippen LogP contribution >= 0.6 is 0 Å². The highest BCUT2D eigenvalue weighted by Gasteiger charge is 2.43. The van der Waals surface area contributed by atoms with Crippen LogP contribution in [0.4, 0.5) is 0 Å². The second-order valence-electron chi connectivity index (χ2n) is 7.03. The van der Waals surface area contributed by atoms with Gasteiger partial charge in [-0.15, -0.1) is 0 Å². The second kappa shape index (κ2) is 8.13. The van der Waals surface area contributed by atoms with Gasteiger partial charge < -0.3 is 18.9 Å². The minimum Gasteiger partial charge on any atom is -0.487 e. The third-order valence-corrected chi connectivity index (χ3v) is 7.31. The number of rotatable bonds is 4. The lowest BCUT2D eigenvalue weighted by Crippen LogP contribution is -2.48. The van der Waals surface area contributed by atoms with Gasteiger partial charge in [0.25, 0.3) is 5.91 Å². The van der Waals surface area contributed by atoms with Crippen molar-refractivity contribution >= 4 is 15.9 Å². The summed E-state index contributed by atoms with van der Waals surface area (Å²) in [6, 6.07) is 7.79. The molecule has 0 N–H and O–H groups in total. The van der Waals surface area contributed by atoms with E-state index in [-0.39, 0.29) is 35.8 Å². The van der Waals surface area contributed by atoms with E-state index in [1.165, 1.54) is 23.7 Å². The lowest BCUT2D eigenvalue weighted by Gasteiger charge is -2.31. The molecule has 0 unspecified atom stereocenters. The Bertz CT molecular complexity index is 962. The van der Waals surface area contributed by atoms with Crippen molar-refractivity contribution in [2.24, 2.45) is 0 Å². The second-order valence-corrected chi connectivity index (χ2v) is 8.88. The minimum absolute atomic E-state index is 0.166. The van der Waals surface area contributed by atoms with E-state index in [9.17, 15) is 13.2 Å². The number of nitrogens with zero attached hydrogens (tertiary/aromatic N) is 3. The number of hydrogen-bond acceptors (Lipinski definition) is 7. The van der Waals surface area contributed by atoms with Gasteiger partial charge >= 0.3 is 0 Å². The summed E-state index contributed by atoms with van der Waals surface area (Å²) in [6.45, 7) is 1.31. The third kappa shape index (κ3) is 3.75. The molecule has 0 aliphatic carbocycles. The summed E-state index contributed by atoms with van der Waals surface area (Å²) in [4.78, 5) is 14.5. The molecule has 0 spiro atoms. The van der Waals surface area contributed by atoms with Crippen molar-refractivity contribution < 1.29 is 27.2 Å². The Hall–Kier alpha value is -2.43. The summed E-state index contributed by atoms with van der Waals surface area (Å²) in [7, 11) is -2.22. The van der Waals surface area contributed by atoms with Gasteiger partial charge in [0.1, 0.15) is 16.7 Å². The van der Waals surface area contributed by atoms with Crippen LogP contribution in [0.2, 0.25) is 0 Å². The average molecular weight is 421 g/mol. The fourth-order valence-electron chi connectivity index (χ4n) is 3.91. The fraction of sp³-hybridized carbons (Fsp3) is 0.474. The van der Waals surface area contributed by atoms with Crippen LogP contribution in [0.1, 0.15) is 23.4 Å². The molecular formula is C19H23N3O6S. The molecule has 4 rings (SSSR count). The molecule has 156 valence electrons. The van der Waals surface area contributed by atoms with Crippen molar-refractivity contribution in [2.45, 2.75) is 29.9 Å². The van der Waals surface area contributed by atoms with Crippen molar-refractivity contribution in [3.8, 4) is 5.75 Å². The monoisotopic (exact) mass is 421 g/mol. The highest BCUT2D eigenvalue weighted by atomic mass is 32.2. The molecule has 29 heavy (non-hydrogen) atoms. The van der Waals surface area contributed by atoms with Crippen molar-refractivity contribution in [1.82, 2.24) is 14.4 Å². The van der Waals surface area contributed by atoms with E-state index in [1.807, 2.05) is 0 Å². The number of benzene rings is 1. The number of likely N-dealkylation sites (tertiary alicyclic amines) is 1. The van der Waals surface area contributed by atoms with Crippen molar-refractivity contribution in [1.29, 1.82) is 0 Å². The summed E-state index contributed by atoms with van der Waals surface area (Å²) in [5.74, 6) is 0.255. The van der Waals surface area contributed by atoms with Gasteiger partial charge in [-0.3, -0.25) is 4.79 Å². The SMILES string of the molecule is COCCN1[C@@H]2CCN(C(=O)c3ccno3)CC[C@H]2Oc2ccccc2S1(=O)=O. The van der Waals surface area contributed by atoms with E-state index in [0.29, 0.717) is 31.7 Å². The summed E-state index contributed by atoms with van der Waals surface area (Å²) >= 11 is 0. The molecule has 9 nitrogen and oxygen atoms in total. The molecule has 1 aromatic carbocycles. The van der Waals surface area contributed by atoms with Gasteiger partial charge in [-0.25, -0.2) is 8.42 Å². The highest BCUT2D eigenvalue weighted by Crippen LogP contribution is 2.36. The quantitative estimate of drug-likeness (QED) is 0.735. The van der Waals surface area contributed by atoms with E-state index in [2.05, 4.69) is 5.16 Å². The maximum absolute atomic E-state index is 13.4. The molecule has 2 aromatic rings. The van der Waals surface area contributed by atoms with Crippen LogP contribution in [0.5, 0.6) is 5.75 Å². The number of ether oxygens (including phenoxy) is 2. The van der Waals surface area contributed by atoms with E-state index in [1.54, 1.807) is 29.2 Å². The largest absolute Gasteiger partial charge is 0.487 e. The molecule has 3 heterocycles. The first kappa shape index (κ1) is 19.9. The summed E-state index contributed by atoms with van der Waals surface area (Å²) in [5, 5.41) is 3.59. The molecule has 1 aromatic heterocycles. The predicted octanol–water partition coefficient (Wildman–Crippen LogP) is 1.38. The number of amides is 1. The zero-order valence-electron chi connectivity index (χ0n) is 16.1. The Labute approximate surface area is 169 Å². The molecule has 0 radical (unpaired) electrons. The Morgan fingerprint density at radius 2 is 2.03 bits per heavy atom. The molecule has 0 saturated carbocycles. The first-order valence-electron chi connectivity index (χ1n) is 9.49. The van der Waals surface area contributed by atoms with E-state index >= 15 is 0 Å². The molecule has 1 fully saturated rings. The highest BCUT2D eigenvalue weighted by molar-refractivity contribution is 7.89. The fourth-order valence-corrected chi connectivity index (χ4v) is 5.69. The number of sulfonamides is 1. The number of carbonyl (C=O) groups is 1. The third-order valence-electron chi connectivity index (χ3n) is 5.34. The zero-order chi connectivity index (χ0) is 20.4. The minimum atomic E-state index is -3.76. The van der Waals surface area contributed by atoms with Crippen LogP contribution in [-0.2, 0) is 14.8 Å². The topological polar surface area (TPSA) is 102 Å². The molecule has 1 amide bonds.